The van der Waals surface area contributed by atoms with Gasteiger partial charge in [0.1, 0.15) is 0 Å². The normalized spacial score (nSPS) is 8.90. The molecule has 0 heterocycles. The van der Waals surface area contributed by atoms with Gasteiger partial charge in [-0.3, -0.25) is 7.91 Å². The van der Waals surface area contributed by atoms with Gasteiger partial charge in [0.15, 0.2) is 0 Å². The molecular formula is C7H6INO. The summed E-state index contributed by atoms with van der Waals surface area (Å²) in [5.41, 5.74) is 0.901. The van der Waals surface area contributed by atoms with Crippen LogP contribution in [0.3, 0.4) is 0 Å². The minimum atomic E-state index is 0.774. The summed E-state index contributed by atoms with van der Waals surface area (Å²) >= 11 is 1.94. The summed E-state index contributed by atoms with van der Waals surface area (Å²) in [6.07, 6.45) is 0.774. The predicted octanol–water partition coefficient (Wildman–Crippen LogP) is 2.00. The number of halogens is 1. The summed E-state index contributed by atoms with van der Waals surface area (Å²) in [5, 5.41) is 0. The molecular weight excluding hydrogens is 241 g/mol. The topological polar surface area (TPSA) is 20.3 Å². The van der Waals surface area contributed by atoms with E-state index in [1.165, 1.54) is 3.11 Å². The molecule has 0 saturated heterocycles. The molecule has 0 spiro atoms. The zero-order chi connectivity index (χ0) is 7.40. The maximum atomic E-state index is 10.2. The number of carbonyl (C=O) groups is 1. The van der Waals surface area contributed by atoms with Crippen LogP contribution >= 0.6 is 22.9 Å². The molecule has 0 aliphatic rings. The van der Waals surface area contributed by atoms with E-state index < -0.39 is 0 Å². The Morgan fingerprint density at radius 2 is 1.90 bits per heavy atom. The Labute approximate surface area is 73.3 Å². The molecule has 1 rings (SSSR count). The van der Waals surface area contributed by atoms with E-state index in [0.29, 0.717) is 0 Å². The van der Waals surface area contributed by atoms with Gasteiger partial charge >= 0.3 is 0 Å². The van der Waals surface area contributed by atoms with Gasteiger partial charge in [-0.05, 0) is 12.1 Å². The van der Waals surface area contributed by atoms with Gasteiger partial charge in [0.2, 0.25) is 6.41 Å². The Bertz CT molecular complexity index is 212. The van der Waals surface area contributed by atoms with Crippen LogP contribution in [0, 0.1) is 0 Å². The molecule has 0 aliphatic heterocycles. The van der Waals surface area contributed by atoms with Crippen molar-refractivity contribution >= 4 is 35.0 Å². The summed E-state index contributed by atoms with van der Waals surface area (Å²) < 4.78 is 1.50. The van der Waals surface area contributed by atoms with Crippen LogP contribution in [-0.2, 0) is 4.79 Å². The summed E-state index contributed by atoms with van der Waals surface area (Å²) in [5.74, 6) is 0. The van der Waals surface area contributed by atoms with Gasteiger partial charge in [-0.25, -0.2) is 0 Å². The van der Waals surface area contributed by atoms with Crippen LogP contribution in [0.5, 0.6) is 0 Å². The van der Waals surface area contributed by atoms with Gasteiger partial charge in [0.05, 0.1) is 28.6 Å². The first-order valence-corrected chi connectivity index (χ1v) is 3.76. The average Bonchev–Trinajstić information content (AvgIpc) is 2.05. The number of hydrogen-bond acceptors (Lipinski definition) is 1. The molecule has 2 nitrogen and oxygen atoms in total. The molecule has 0 atom stereocenters. The van der Waals surface area contributed by atoms with Gasteiger partial charge in [0, 0.05) is 0 Å². The van der Waals surface area contributed by atoms with Crippen molar-refractivity contribution in [2.75, 3.05) is 3.11 Å². The van der Waals surface area contributed by atoms with Crippen molar-refractivity contribution in [1.82, 2.24) is 0 Å². The largest absolute Gasteiger partial charge is 0.278 e. The van der Waals surface area contributed by atoms with Crippen LogP contribution in [-0.4, -0.2) is 6.41 Å². The third-order valence-electron chi connectivity index (χ3n) is 1.10. The van der Waals surface area contributed by atoms with E-state index in [1.54, 1.807) is 0 Å². The standard InChI is InChI=1S/C7H6INO/c8-9(6-10)7-4-2-1-3-5-7/h1-6H. The Balaban J connectivity index is 2.84. The van der Waals surface area contributed by atoms with Gasteiger partial charge in [-0.2, -0.15) is 0 Å². The highest BCUT2D eigenvalue weighted by atomic mass is 127. The van der Waals surface area contributed by atoms with Crippen molar-refractivity contribution in [2.45, 2.75) is 0 Å². The summed E-state index contributed by atoms with van der Waals surface area (Å²) in [4.78, 5) is 10.2. The highest BCUT2D eigenvalue weighted by molar-refractivity contribution is 14.1. The number of carbonyl (C=O) groups excluding carboxylic acids is 1. The molecule has 0 bridgehead atoms. The second-order valence-electron chi connectivity index (χ2n) is 1.75. The third kappa shape index (κ3) is 1.70. The predicted molar refractivity (Wildman–Crippen MR) is 49.0 cm³/mol. The van der Waals surface area contributed by atoms with Crippen molar-refractivity contribution in [3.8, 4) is 0 Å². The van der Waals surface area contributed by atoms with Gasteiger partial charge in [-0.15, -0.1) is 0 Å². The summed E-state index contributed by atoms with van der Waals surface area (Å²) in [6.45, 7) is 0. The lowest BCUT2D eigenvalue weighted by Crippen LogP contribution is -2.03. The molecule has 0 aliphatic carbocycles. The number of hydrogen-bond donors (Lipinski definition) is 0. The zero-order valence-corrected chi connectivity index (χ0v) is 7.36. The van der Waals surface area contributed by atoms with E-state index >= 15 is 0 Å². The van der Waals surface area contributed by atoms with E-state index in [-0.39, 0.29) is 0 Å². The Morgan fingerprint density at radius 3 is 2.40 bits per heavy atom. The minimum absolute atomic E-state index is 0.774. The summed E-state index contributed by atoms with van der Waals surface area (Å²) in [6, 6.07) is 9.45. The molecule has 1 aromatic rings. The smallest absolute Gasteiger partial charge is 0.223 e. The number of anilines is 1. The lowest BCUT2D eigenvalue weighted by Gasteiger charge is -2.05. The van der Waals surface area contributed by atoms with Crippen molar-refractivity contribution < 1.29 is 4.79 Å². The highest BCUT2D eigenvalue weighted by Gasteiger charge is 1.95. The molecule has 52 valence electrons. The fourth-order valence-electron chi connectivity index (χ4n) is 0.631. The molecule has 1 aromatic carbocycles. The van der Waals surface area contributed by atoms with Gasteiger partial charge < -0.3 is 0 Å². The second-order valence-corrected chi connectivity index (χ2v) is 2.79. The fraction of sp³-hybridized carbons (Fsp3) is 0. The number of amides is 1. The van der Waals surface area contributed by atoms with E-state index in [2.05, 4.69) is 0 Å². The van der Waals surface area contributed by atoms with Crippen LogP contribution in [0.15, 0.2) is 30.3 Å². The molecule has 3 heteroatoms. The van der Waals surface area contributed by atoms with Crippen molar-refractivity contribution in [3.05, 3.63) is 30.3 Å². The van der Waals surface area contributed by atoms with Gasteiger partial charge in [0.25, 0.3) is 0 Å². The molecule has 0 N–H and O–H groups in total. The quantitative estimate of drug-likeness (QED) is 0.444. The monoisotopic (exact) mass is 247 g/mol. The Morgan fingerprint density at radius 1 is 1.30 bits per heavy atom. The fourth-order valence-corrected chi connectivity index (χ4v) is 0.953. The highest BCUT2D eigenvalue weighted by Crippen LogP contribution is 2.14. The number of rotatable bonds is 2. The van der Waals surface area contributed by atoms with Crippen molar-refractivity contribution in [2.24, 2.45) is 0 Å². The van der Waals surface area contributed by atoms with E-state index in [4.69, 9.17) is 0 Å². The van der Waals surface area contributed by atoms with Crippen molar-refractivity contribution in [3.63, 3.8) is 0 Å². The number of para-hydroxylation sites is 1. The van der Waals surface area contributed by atoms with E-state index in [0.717, 1.165) is 12.1 Å². The average molecular weight is 247 g/mol. The first kappa shape index (κ1) is 7.53. The molecule has 0 radical (unpaired) electrons. The molecule has 0 fully saturated rings. The van der Waals surface area contributed by atoms with Gasteiger partial charge in [-0.1, -0.05) is 18.2 Å². The minimum Gasteiger partial charge on any atom is -0.278 e. The third-order valence-corrected chi connectivity index (χ3v) is 1.88. The molecule has 0 aromatic heterocycles. The molecule has 10 heavy (non-hydrogen) atoms. The van der Waals surface area contributed by atoms with Crippen LogP contribution < -0.4 is 3.11 Å². The van der Waals surface area contributed by atoms with Crippen LogP contribution in [0.4, 0.5) is 5.69 Å². The van der Waals surface area contributed by atoms with E-state index in [1.807, 2.05) is 53.2 Å². The lowest BCUT2D eigenvalue weighted by atomic mass is 10.3. The lowest BCUT2D eigenvalue weighted by molar-refractivity contribution is -0.106. The maximum absolute atomic E-state index is 10.2. The first-order valence-electron chi connectivity index (χ1n) is 2.80. The first-order chi connectivity index (χ1) is 4.84. The maximum Gasteiger partial charge on any atom is 0.223 e. The van der Waals surface area contributed by atoms with Crippen LogP contribution in [0.2, 0.25) is 0 Å². The Hall–Kier alpha value is -0.580. The molecule has 0 saturated carbocycles. The van der Waals surface area contributed by atoms with Crippen LogP contribution in [0.1, 0.15) is 0 Å². The number of nitrogens with zero attached hydrogens (tertiary/aromatic N) is 1. The Kier molecular flexibility index (Phi) is 2.68. The number of benzene rings is 1. The second kappa shape index (κ2) is 3.55. The van der Waals surface area contributed by atoms with E-state index in [9.17, 15) is 4.79 Å². The molecule has 1 amide bonds. The zero-order valence-electron chi connectivity index (χ0n) is 5.20. The molecule has 0 unspecified atom stereocenters. The SMILES string of the molecule is O=CN(I)c1ccccc1. The summed E-state index contributed by atoms with van der Waals surface area (Å²) in [7, 11) is 0. The van der Waals surface area contributed by atoms with Crippen molar-refractivity contribution in [1.29, 1.82) is 0 Å². The van der Waals surface area contributed by atoms with Crippen LogP contribution in [0.25, 0.3) is 0 Å².